The molecule has 16 heavy (non-hydrogen) atoms. The lowest BCUT2D eigenvalue weighted by Crippen LogP contribution is -2.38. The Balaban J connectivity index is 2.69. The van der Waals surface area contributed by atoms with Gasteiger partial charge in [-0.05, 0) is 24.6 Å². The molecule has 84 valence electrons. The summed E-state index contributed by atoms with van der Waals surface area (Å²) in [5.74, 6) is -1.00. The van der Waals surface area contributed by atoms with Gasteiger partial charge in [-0.2, -0.15) is 5.26 Å². The molecule has 5 heteroatoms. The van der Waals surface area contributed by atoms with E-state index in [1.54, 1.807) is 19.1 Å². The van der Waals surface area contributed by atoms with Crippen LogP contribution in [0.4, 0.5) is 4.39 Å². The predicted molar refractivity (Wildman–Crippen MR) is 56.6 cm³/mol. The van der Waals surface area contributed by atoms with Gasteiger partial charge in [0.25, 0.3) is 0 Å². The molecular formula is C11H12FN3O. The maximum atomic E-state index is 13.0. The number of rotatable bonds is 4. The quantitative estimate of drug-likeness (QED) is 0.783. The van der Waals surface area contributed by atoms with Crippen LogP contribution in [-0.4, -0.2) is 11.9 Å². The van der Waals surface area contributed by atoms with E-state index in [1.165, 1.54) is 12.1 Å². The minimum absolute atomic E-state index is 0.00831. The van der Waals surface area contributed by atoms with Crippen LogP contribution in [-0.2, 0) is 11.3 Å². The minimum Gasteiger partial charge on any atom is -0.368 e. The fourth-order valence-electron chi connectivity index (χ4n) is 1.14. The van der Waals surface area contributed by atoms with Gasteiger partial charge in [0, 0.05) is 6.54 Å². The predicted octanol–water partition coefficient (Wildman–Crippen LogP) is 0.661. The zero-order valence-corrected chi connectivity index (χ0v) is 8.83. The molecule has 1 aromatic carbocycles. The van der Waals surface area contributed by atoms with Gasteiger partial charge in [0.1, 0.15) is 11.9 Å². The van der Waals surface area contributed by atoms with Crippen molar-refractivity contribution in [2.24, 2.45) is 5.73 Å². The first-order chi connectivity index (χ1) is 7.54. The van der Waals surface area contributed by atoms with Crippen molar-refractivity contribution in [2.75, 3.05) is 0 Å². The number of hydrogen-bond acceptors (Lipinski definition) is 3. The van der Waals surface area contributed by atoms with Crippen molar-refractivity contribution in [3.63, 3.8) is 0 Å². The van der Waals surface area contributed by atoms with Crippen molar-refractivity contribution in [2.45, 2.75) is 19.5 Å². The maximum absolute atomic E-state index is 13.0. The smallest absolute Gasteiger partial charge is 0.234 e. The van der Waals surface area contributed by atoms with Gasteiger partial charge < -0.3 is 11.1 Å². The number of benzene rings is 1. The van der Waals surface area contributed by atoms with Crippen LogP contribution >= 0.6 is 0 Å². The zero-order chi connectivity index (χ0) is 12.1. The van der Waals surface area contributed by atoms with Crippen molar-refractivity contribution in [1.82, 2.24) is 5.32 Å². The highest BCUT2D eigenvalue weighted by atomic mass is 19.1. The number of halogens is 1. The normalized spacial score (nSPS) is 11.8. The first-order valence-corrected chi connectivity index (χ1v) is 4.76. The summed E-state index contributed by atoms with van der Waals surface area (Å²) in [6.07, 6.45) is 0. The number of carbonyl (C=O) groups is 1. The molecular weight excluding hydrogens is 209 g/mol. The SMILES string of the molecule is CC(NCc1ccc(F)c(C#N)c1)C(N)=O. The third-order valence-corrected chi connectivity index (χ3v) is 2.19. The van der Waals surface area contributed by atoms with E-state index in [-0.39, 0.29) is 5.56 Å². The van der Waals surface area contributed by atoms with Crippen molar-refractivity contribution >= 4 is 5.91 Å². The molecule has 3 N–H and O–H groups in total. The van der Waals surface area contributed by atoms with Gasteiger partial charge in [0.15, 0.2) is 0 Å². The fourth-order valence-corrected chi connectivity index (χ4v) is 1.14. The summed E-state index contributed by atoms with van der Waals surface area (Å²) in [6.45, 7) is 2.00. The molecule has 1 unspecified atom stereocenters. The molecule has 0 aliphatic rings. The summed E-state index contributed by atoms with van der Waals surface area (Å²) in [5, 5.41) is 11.5. The minimum atomic E-state index is -0.547. The van der Waals surface area contributed by atoms with Crippen molar-refractivity contribution in [3.8, 4) is 6.07 Å². The topological polar surface area (TPSA) is 78.9 Å². The Bertz CT molecular complexity index is 439. The summed E-state index contributed by atoms with van der Waals surface area (Å²) in [4.78, 5) is 10.7. The second-order valence-corrected chi connectivity index (χ2v) is 3.43. The fraction of sp³-hybridized carbons (Fsp3) is 0.273. The summed E-state index contributed by atoms with van der Waals surface area (Å²) < 4.78 is 13.0. The Kier molecular flexibility index (Phi) is 3.97. The lowest BCUT2D eigenvalue weighted by atomic mass is 10.1. The summed E-state index contributed by atoms with van der Waals surface area (Å²) in [7, 11) is 0. The third kappa shape index (κ3) is 3.04. The molecule has 1 rings (SSSR count). The molecule has 1 amide bonds. The Morgan fingerprint density at radius 2 is 2.38 bits per heavy atom. The third-order valence-electron chi connectivity index (χ3n) is 2.19. The van der Waals surface area contributed by atoms with Crippen molar-refractivity contribution in [1.29, 1.82) is 5.26 Å². The number of nitriles is 1. The van der Waals surface area contributed by atoms with E-state index in [1.807, 2.05) is 0 Å². The number of primary amides is 1. The number of carbonyl (C=O) groups excluding carboxylic acids is 1. The number of nitrogens with one attached hydrogen (secondary N) is 1. The monoisotopic (exact) mass is 221 g/mol. The number of nitrogens with two attached hydrogens (primary N) is 1. The van der Waals surface area contributed by atoms with E-state index in [4.69, 9.17) is 11.0 Å². The molecule has 0 fully saturated rings. The Morgan fingerprint density at radius 1 is 1.69 bits per heavy atom. The number of nitrogens with zero attached hydrogens (tertiary/aromatic N) is 1. The molecule has 0 saturated heterocycles. The highest BCUT2D eigenvalue weighted by Crippen LogP contribution is 2.09. The first kappa shape index (κ1) is 12.1. The lowest BCUT2D eigenvalue weighted by Gasteiger charge is -2.09. The van der Waals surface area contributed by atoms with Crippen LogP contribution in [0.2, 0.25) is 0 Å². The summed E-state index contributed by atoms with van der Waals surface area (Å²) in [5.41, 5.74) is 5.79. The van der Waals surface area contributed by atoms with Crippen LogP contribution in [0.5, 0.6) is 0 Å². The molecule has 0 spiro atoms. The highest BCUT2D eigenvalue weighted by Gasteiger charge is 2.08. The molecule has 4 nitrogen and oxygen atoms in total. The lowest BCUT2D eigenvalue weighted by molar-refractivity contribution is -0.119. The molecule has 1 atom stereocenters. The van der Waals surface area contributed by atoms with Crippen LogP contribution < -0.4 is 11.1 Å². The van der Waals surface area contributed by atoms with Gasteiger partial charge in [-0.15, -0.1) is 0 Å². The Labute approximate surface area is 92.9 Å². The van der Waals surface area contributed by atoms with Gasteiger partial charge in [-0.25, -0.2) is 4.39 Å². The Morgan fingerprint density at radius 3 is 2.94 bits per heavy atom. The van der Waals surface area contributed by atoms with E-state index in [2.05, 4.69) is 5.32 Å². The highest BCUT2D eigenvalue weighted by molar-refractivity contribution is 5.79. The van der Waals surface area contributed by atoms with Gasteiger partial charge in [-0.1, -0.05) is 6.07 Å². The van der Waals surface area contributed by atoms with Crippen LogP contribution in [0.1, 0.15) is 18.1 Å². The van der Waals surface area contributed by atoms with Crippen molar-refractivity contribution in [3.05, 3.63) is 35.1 Å². The average Bonchev–Trinajstić information content (AvgIpc) is 2.27. The molecule has 0 saturated carbocycles. The standard InChI is InChI=1S/C11H12FN3O/c1-7(11(14)16)15-6-8-2-3-10(12)9(4-8)5-13/h2-4,7,15H,6H2,1H3,(H2,14,16). The zero-order valence-electron chi connectivity index (χ0n) is 8.83. The summed E-state index contributed by atoms with van der Waals surface area (Å²) in [6, 6.07) is 5.51. The van der Waals surface area contributed by atoms with Crippen LogP contribution in [0.25, 0.3) is 0 Å². The van der Waals surface area contributed by atoms with E-state index in [0.717, 1.165) is 5.56 Å². The van der Waals surface area contributed by atoms with Crippen LogP contribution in [0, 0.1) is 17.1 Å². The van der Waals surface area contributed by atoms with Gasteiger partial charge in [-0.3, -0.25) is 4.79 Å². The van der Waals surface area contributed by atoms with E-state index < -0.39 is 17.8 Å². The molecule has 1 aromatic rings. The number of hydrogen-bond donors (Lipinski definition) is 2. The summed E-state index contributed by atoms with van der Waals surface area (Å²) >= 11 is 0. The van der Waals surface area contributed by atoms with Gasteiger partial charge >= 0.3 is 0 Å². The maximum Gasteiger partial charge on any atom is 0.234 e. The molecule has 0 radical (unpaired) electrons. The molecule has 0 aliphatic carbocycles. The van der Waals surface area contributed by atoms with E-state index in [9.17, 15) is 9.18 Å². The number of amides is 1. The van der Waals surface area contributed by atoms with Gasteiger partial charge in [0.2, 0.25) is 5.91 Å². The molecule has 0 aliphatic heterocycles. The van der Waals surface area contributed by atoms with E-state index >= 15 is 0 Å². The second kappa shape index (κ2) is 5.24. The molecule has 0 bridgehead atoms. The Hall–Kier alpha value is -1.93. The largest absolute Gasteiger partial charge is 0.368 e. The van der Waals surface area contributed by atoms with Crippen LogP contribution in [0.3, 0.4) is 0 Å². The van der Waals surface area contributed by atoms with Crippen molar-refractivity contribution < 1.29 is 9.18 Å². The van der Waals surface area contributed by atoms with Crippen LogP contribution in [0.15, 0.2) is 18.2 Å². The van der Waals surface area contributed by atoms with Gasteiger partial charge in [0.05, 0.1) is 11.6 Å². The molecule has 0 aromatic heterocycles. The molecule has 0 heterocycles. The second-order valence-electron chi connectivity index (χ2n) is 3.43. The van der Waals surface area contributed by atoms with E-state index in [0.29, 0.717) is 6.54 Å². The average molecular weight is 221 g/mol. The first-order valence-electron chi connectivity index (χ1n) is 4.76.